The number of carbonyl (C=O) groups excluding carboxylic acids is 3. The third-order valence-electron chi connectivity index (χ3n) is 3.48. The molecule has 3 aromatic rings. The van der Waals surface area contributed by atoms with Crippen molar-refractivity contribution in [3.8, 4) is 5.75 Å². The first-order valence-electron chi connectivity index (χ1n) is 8.06. The maximum Gasteiger partial charge on any atom is 0.308 e. The van der Waals surface area contributed by atoms with Gasteiger partial charge in [0.25, 0.3) is 11.8 Å². The number of rotatable bonds is 5. The van der Waals surface area contributed by atoms with Crippen LogP contribution in [0.3, 0.4) is 0 Å². The van der Waals surface area contributed by atoms with Crippen LogP contribution in [-0.2, 0) is 4.79 Å². The third-order valence-corrected chi connectivity index (χ3v) is 4.35. The lowest BCUT2D eigenvalue weighted by Gasteiger charge is -2.09. The van der Waals surface area contributed by atoms with E-state index in [9.17, 15) is 14.4 Å². The van der Waals surface area contributed by atoms with Crippen LogP contribution in [-0.4, -0.2) is 17.8 Å². The van der Waals surface area contributed by atoms with Crippen molar-refractivity contribution in [2.45, 2.75) is 6.92 Å². The average molecular weight is 380 g/mol. The lowest BCUT2D eigenvalue weighted by atomic mass is 10.2. The van der Waals surface area contributed by atoms with Gasteiger partial charge in [-0.25, -0.2) is 0 Å². The molecule has 0 unspecified atom stereocenters. The summed E-state index contributed by atoms with van der Waals surface area (Å²) in [7, 11) is 0. The first-order valence-corrected chi connectivity index (χ1v) is 8.94. The molecule has 27 heavy (non-hydrogen) atoms. The summed E-state index contributed by atoms with van der Waals surface area (Å²) in [5.74, 6) is -0.720. The Hall–Kier alpha value is -3.45. The van der Waals surface area contributed by atoms with Crippen LogP contribution in [0.15, 0.2) is 66.0 Å². The quantitative estimate of drug-likeness (QED) is 0.514. The molecule has 0 aliphatic rings. The van der Waals surface area contributed by atoms with Crippen molar-refractivity contribution in [2.24, 2.45) is 0 Å². The van der Waals surface area contributed by atoms with Crippen LogP contribution in [0.5, 0.6) is 5.75 Å². The highest BCUT2D eigenvalue weighted by molar-refractivity contribution is 7.12. The zero-order valence-electron chi connectivity index (χ0n) is 14.4. The van der Waals surface area contributed by atoms with Gasteiger partial charge in [-0.2, -0.15) is 0 Å². The Morgan fingerprint density at radius 2 is 1.56 bits per heavy atom. The third kappa shape index (κ3) is 5.02. The van der Waals surface area contributed by atoms with E-state index in [0.29, 0.717) is 27.6 Å². The van der Waals surface area contributed by atoms with Gasteiger partial charge in [0.1, 0.15) is 5.75 Å². The number of ether oxygens (including phenoxy) is 1. The molecule has 0 saturated heterocycles. The molecule has 7 heteroatoms. The van der Waals surface area contributed by atoms with Crippen molar-refractivity contribution in [1.29, 1.82) is 0 Å². The molecule has 0 aliphatic carbocycles. The van der Waals surface area contributed by atoms with Crippen molar-refractivity contribution < 1.29 is 19.1 Å². The van der Waals surface area contributed by atoms with E-state index in [-0.39, 0.29) is 11.8 Å². The molecular formula is C20H16N2O4S. The summed E-state index contributed by atoms with van der Waals surface area (Å²) in [4.78, 5) is 36.2. The van der Waals surface area contributed by atoms with Crippen molar-refractivity contribution >= 4 is 40.5 Å². The van der Waals surface area contributed by atoms with E-state index in [1.165, 1.54) is 24.3 Å². The number of anilines is 2. The maximum atomic E-state index is 12.4. The van der Waals surface area contributed by atoms with Crippen LogP contribution >= 0.6 is 11.3 Å². The molecule has 1 heterocycles. The number of thiophene rings is 1. The molecule has 0 radical (unpaired) electrons. The van der Waals surface area contributed by atoms with Gasteiger partial charge in [0.15, 0.2) is 0 Å². The summed E-state index contributed by atoms with van der Waals surface area (Å²) < 4.78 is 4.99. The molecule has 0 bridgehead atoms. The average Bonchev–Trinajstić information content (AvgIpc) is 3.16. The lowest BCUT2D eigenvalue weighted by molar-refractivity contribution is -0.131. The molecule has 6 nitrogen and oxygen atoms in total. The predicted molar refractivity (Wildman–Crippen MR) is 104 cm³/mol. The zero-order valence-corrected chi connectivity index (χ0v) is 15.2. The molecule has 0 spiro atoms. The Balaban J connectivity index is 1.69. The van der Waals surface area contributed by atoms with Gasteiger partial charge in [0.05, 0.1) is 4.88 Å². The molecule has 2 aromatic carbocycles. The minimum absolute atomic E-state index is 0.206. The molecular weight excluding hydrogens is 364 g/mol. The first kappa shape index (κ1) is 18.3. The first-order chi connectivity index (χ1) is 13.0. The fraction of sp³-hybridized carbons (Fsp3) is 0.0500. The number of hydrogen-bond donors (Lipinski definition) is 2. The molecule has 3 rings (SSSR count). The number of hydrogen-bond acceptors (Lipinski definition) is 5. The highest BCUT2D eigenvalue weighted by Crippen LogP contribution is 2.19. The fourth-order valence-electron chi connectivity index (χ4n) is 2.35. The maximum absolute atomic E-state index is 12.4. The Morgan fingerprint density at radius 3 is 2.22 bits per heavy atom. The van der Waals surface area contributed by atoms with Crippen LogP contribution in [0, 0.1) is 0 Å². The highest BCUT2D eigenvalue weighted by atomic mass is 32.1. The molecule has 0 saturated carbocycles. The summed E-state index contributed by atoms with van der Waals surface area (Å²) >= 11 is 1.35. The van der Waals surface area contributed by atoms with E-state index >= 15 is 0 Å². The van der Waals surface area contributed by atoms with Gasteiger partial charge < -0.3 is 15.4 Å². The number of benzene rings is 2. The van der Waals surface area contributed by atoms with Gasteiger partial charge >= 0.3 is 5.97 Å². The summed E-state index contributed by atoms with van der Waals surface area (Å²) in [6.07, 6.45) is 0. The largest absolute Gasteiger partial charge is 0.427 e. The normalized spacial score (nSPS) is 10.1. The van der Waals surface area contributed by atoms with Gasteiger partial charge in [0, 0.05) is 23.9 Å². The van der Waals surface area contributed by atoms with Crippen molar-refractivity contribution in [2.75, 3.05) is 10.6 Å². The summed E-state index contributed by atoms with van der Waals surface area (Å²) in [5, 5.41) is 7.38. The number of nitrogens with one attached hydrogen (secondary N) is 2. The highest BCUT2D eigenvalue weighted by Gasteiger charge is 2.10. The van der Waals surface area contributed by atoms with Gasteiger partial charge in [0.2, 0.25) is 0 Å². The van der Waals surface area contributed by atoms with E-state index < -0.39 is 5.97 Å². The Bertz CT molecular complexity index is 983. The van der Waals surface area contributed by atoms with Crippen LogP contribution in [0.25, 0.3) is 0 Å². The van der Waals surface area contributed by atoms with E-state index in [4.69, 9.17) is 4.74 Å². The number of carbonyl (C=O) groups is 3. The van der Waals surface area contributed by atoms with E-state index in [1.54, 1.807) is 54.6 Å². The standard InChI is InChI=1S/C20H16N2O4S/c1-13(23)26-17-8-2-5-14(11-17)19(24)21-15-6-3-7-16(12-15)22-20(25)18-9-4-10-27-18/h2-12H,1H3,(H,21,24)(H,22,25). The van der Waals surface area contributed by atoms with E-state index in [2.05, 4.69) is 10.6 Å². The van der Waals surface area contributed by atoms with Crippen LogP contribution in [0.4, 0.5) is 11.4 Å². The molecule has 0 fully saturated rings. The van der Waals surface area contributed by atoms with Gasteiger partial charge in [-0.1, -0.05) is 18.2 Å². The number of esters is 1. The monoisotopic (exact) mass is 380 g/mol. The van der Waals surface area contributed by atoms with Gasteiger partial charge in [-0.15, -0.1) is 11.3 Å². The topological polar surface area (TPSA) is 84.5 Å². The van der Waals surface area contributed by atoms with E-state index in [1.807, 2.05) is 5.38 Å². The van der Waals surface area contributed by atoms with Crippen LogP contribution in [0.1, 0.15) is 27.0 Å². The van der Waals surface area contributed by atoms with Crippen molar-refractivity contribution in [3.05, 3.63) is 76.5 Å². The second-order valence-electron chi connectivity index (χ2n) is 5.59. The fourth-order valence-corrected chi connectivity index (χ4v) is 2.96. The molecule has 0 aliphatic heterocycles. The molecule has 0 atom stereocenters. The second kappa shape index (κ2) is 8.29. The van der Waals surface area contributed by atoms with Crippen molar-refractivity contribution in [1.82, 2.24) is 0 Å². The molecule has 2 amide bonds. The molecule has 2 N–H and O–H groups in total. The molecule has 1 aromatic heterocycles. The summed E-state index contributed by atoms with van der Waals surface area (Å²) in [5.41, 5.74) is 1.45. The van der Waals surface area contributed by atoms with Crippen molar-refractivity contribution in [3.63, 3.8) is 0 Å². The Labute approximate surface area is 159 Å². The van der Waals surface area contributed by atoms with Gasteiger partial charge in [-0.3, -0.25) is 14.4 Å². The Kier molecular flexibility index (Phi) is 5.63. The smallest absolute Gasteiger partial charge is 0.308 e. The van der Waals surface area contributed by atoms with E-state index in [0.717, 1.165) is 0 Å². The second-order valence-corrected chi connectivity index (χ2v) is 6.54. The SMILES string of the molecule is CC(=O)Oc1cccc(C(=O)Nc2cccc(NC(=O)c3cccs3)c2)c1. The van der Waals surface area contributed by atoms with Gasteiger partial charge in [-0.05, 0) is 47.8 Å². The zero-order chi connectivity index (χ0) is 19.2. The summed E-state index contributed by atoms with van der Waals surface area (Å²) in [6.45, 7) is 1.29. The minimum atomic E-state index is -0.457. The lowest BCUT2D eigenvalue weighted by Crippen LogP contribution is -2.13. The minimum Gasteiger partial charge on any atom is -0.427 e. The predicted octanol–water partition coefficient (Wildman–Crippen LogP) is 4.18. The molecule has 136 valence electrons. The Morgan fingerprint density at radius 1 is 0.852 bits per heavy atom. The number of amides is 2. The summed E-state index contributed by atoms with van der Waals surface area (Å²) in [6, 6.07) is 16.7. The van der Waals surface area contributed by atoms with Crippen LogP contribution < -0.4 is 15.4 Å². The van der Waals surface area contributed by atoms with Crippen LogP contribution in [0.2, 0.25) is 0 Å².